The highest BCUT2D eigenvalue weighted by Gasteiger charge is 2.25. The Morgan fingerprint density at radius 1 is 1.33 bits per heavy atom. The van der Waals surface area contributed by atoms with Gasteiger partial charge in [-0.3, -0.25) is 0 Å². The molecule has 0 aliphatic heterocycles. The van der Waals surface area contributed by atoms with Gasteiger partial charge in [-0.05, 0) is 5.56 Å². The van der Waals surface area contributed by atoms with Crippen LogP contribution < -0.4 is 5.32 Å². The minimum Gasteiger partial charge on any atom is -0.347 e. The van der Waals surface area contributed by atoms with Crippen LogP contribution in [0.15, 0.2) is 55.2 Å². The molecule has 3 rings (SSSR count). The van der Waals surface area contributed by atoms with Crippen molar-refractivity contribution in [2.45, 2.75) is 12.6 Å². The molecule has 2 amide bonds. The second-order valence-corrected chi connectivity index (χ2v) is 5.59. The number of aromatic nitrogens is 4. The average molecular weight is 324 g/mol. The highest BCUT2D eigenvalue weighted by atomic mass is 16.2. The number of aromatic amines is 1. The molecule has 0 saturated heterocycles. The van der Waals surface area contributed by atoms with E-state index >= 15 is 0 Å². The molecule has 24 heavy (non-hydrogen) atoms. The summed E-state index contributed by atoms with van der Waals surface area (Å²) < 4.78 is 1.85. The molecular weight excluding hydrogens is 304 g/mol. The topological polar surface area (TPSA) is 78.8 Å². The molecule has 0 bridgehead atoms. The van der Waals surface area contributed by atoms with Gasteiger partial charge in [0, 0.05) is 32.7 Å². The fourth-order valence-corrected chi connectivity index (χ4v) is 2.59. The van der Waals surface area contributed by atoms with Gasteiger partial charge in [0.05, 0.1) is 18.6 Å². The molecule has 2 heterocycles. The number of carbonyl (C=O) groups excluding carboxylic acids is 1. The maximum Gasteiger partial charge on any atom is 0.318 e. The quantitative estimate of drug-likeness (QED) is 0.754. The predicted octanol–water partition coefficient (Wildman–Crippen LogP) is 2.07. The number of amides is 2. The van der Waals surface area contributed by atoms with Gasteiger partial charge in [-0.2, -0.15) is 0 Å². The monoisotopic (exact) mass is 324 g/mol. The van der Waals surface area contributed by atoms with Gasteiger partial charge in [0.15, 0.2) is 0 Å². The van der Waals surface area contributed by atoms with Gasteiger partial charge in [0.2, 0.25) is 0 Å². The number of aryl methyl sites for hydroxylation is 1. The number of carbonyl (C=O) groups is 1. The second kappa shape index (κ2) is 6.99. The largest absolute Gasteiger partial charge is 0.347 e. The first-order valence-electron chi connectivity index (χ1n) is 7.67. The molecule has 0 aliphatic carbocycles. The summed E-state index contributed by atoms with van der Waals surface area (Å²) in [5.74, 6) is 0.719. The first kappa shape index (κ1) is 15.8. The lowest BCUT2D eigenvalue weighted by atomic mass is 10.1. The fourth-order valence-electron chi connectivity index (χ4n) is 2.59. The third-order valence-electron chi connectivity index (χ3n) is 3.78. The van der Waals surface area contributed by atoms with E-state index < -0.39 is 0 Å². The summed E-state index contributed by atoms with van der Waals surface area (Å²) in [4.78, 5) is 25.8. The molecule has 2 aromatic heterocycles. The van der Waals surface area contributed by atoms with E-state index in [9.17, 15) is 4.79 Å². The van der Waals surface area contributed by atoms with E-state index in [0.717, 1.165) is 17.1 Å². The zero-order chi connectivity index (χ0) is 16.9. The average Bonchev–Trinajstić information content (AvgIpc) is 3.26. The van der Waals surface area contributed by atoms with Gasteiger partial charge < -0.3 is 19.8 Å². The predicted molar refractivity (Wildman–Crippen MR) is 90.1 cm³/mol. The molecule has 7 nitrogen and oxygen atoms in total. The van der Waals surface area contributed by atoms with E-state index in [-0.39, 0.29) is 12.1 Å². The van der Waals surface area contributed by atoms with E-state index in [0.29, 0.717) is 6.54 Å². The van der Waals surface area contributed by atoms with E-state index in [2.05, 4.69) is 20.3 Å². The molecule has 3 aromatic rings. The fraction of sp³-hybridized carbons (Fsp3) is 0.235. The minimum atomic E-state index is -0.287. The molecule has 0 radical (unpaired) electrons. The number of nitrogens with one attached hydrogen (secondary N) is 2. The lowest BCUT2D eigenvalue weighted by Crippen LogP contribution is -2.40. The van der Waals surface area contributed by atoms with Gasteiger partial charge in [-0.25, -0.2) is 14.8 Å². The van der Waals surface area contributed by atoms with E-state index in [1.165, 1.54) is 0 Å². The van der Waals surface area contributed by atoms with E-state index in [1.807, 2.05) is 48.1 Å². The second-order valence-electron chi connectivity index (χ2n) is 5.59. The Hall–Kier alpha value is -3.09. The molecule has 0 saturated carbocycles. The van der Waals surface area contributed by atoms with Crippen LogP contribution in [0.4, 0.5) is 4.79 Å². The Morgan fingerprint density at radius 3 is 2.75 bits per heavy atom. The van der Waals surface area contributed by atoms with Crippen LogP contribution in [-0.2, 0) is 13.6 Å². The van der Waals surface area contributed by atoms with Gasteiger partial charge in [-0.1, -0.05) is 30.3 Å². The molecule has 124 valence electrons. The molecule has 1 atom stereocenters. The summed E-state index contributed by atoms with van der Waals surface area (Å²) in [5.41, 5.74) is 1.80. The van der Waals surface area contributed by atoms with Crippen LogP contribution in [0.5, 0.6) is 0 Å². The van der Waals surface area contributed by atoms with Crippen molar-refractivity contribution in [1.82, 2.24) is 29.7 Å². The summed E-state index contributed by atoms with van der Waals surface area (Å²) in [6.45, 7) is 0.379. The standard InChI is InChI=1S/C17H20N6O/c1-22-11-14(21-12-22)10-20-17(24)23(2)15(16-18-8-9-19-16)13-6-4-3-5-7-13/h3-9,11-12,15H,10H2,1-2H3,(H,18,19)(H,20,24). The molecule has 7 heteroatoms. The first-order valence-corrected chi connectivity index (χ1v) is 7.67. The maximum atomic E-state index is 12.6. The molecule has 0 fully saturated rings. The molecule has 1 unspecified atom stereocenters. The summed E-state index contributed by atoms with van der Waals surface area (Å²) in [6.07, 6.45) is 7.03. The number of urea groups is 1. The van der Waals surface area contributed by atoms with Crippen LogP contribution in [0.25, 0.3) is 0 Å². The molecular formula is C17H20N6O. The van der Waals surface area contributed by atoms with Crippen LogP contribution in [0, 0.1) is 0 Å². The SMILES string of the molecule is CN(C(=O)NCc1cn(C)cn1)C(c1ccccc1)c1ncc[nH]1. The van der Waals surface area contributed by atoms with Crippen LogP contribution in [0.1, 0.15) is 23.1 Å². The number of nitrogens with zero attached hydrogens (tertiary/aromatic N) is 4. The number of H-pyrrole nitrogens is 1. The summed E-state index contributed by atoms with van der Waals surface area (Å²) >= 11 is 0. The Bertz CT molecular complexity index is 781. The van der Waals surface area contributed by atoms with Gasteiger partial charge in [0.1, 0.15) is 11.9 Å². The van der Waals surface area contributed by atoms with Gasteiger partial charge >= 0.3 is 6.03 Å². The van der Waals surface area contributed by atoms with Gasteiger partial charge in [0.25, 0.3) is 0 Å². The number of hydrogen-bond acceptors (Lipinski definition) is 3. The Morgan fingerprint density at radius 2 is 2.12 bits per heavy atom. The van der Waals surface area contributed by atoms with Crippen molar-refractivity contribution in [3.05, 3.63) is 72.3 Å². The normalized spacial score (nSPS) is 11.9. The van der Waals surface area contributed by atoms with Crippen LogP contribution in [0.2, 0.25) is 0 Å². The van der Waals surface area contributed by atoms with Gasteiger partial charge in [-0.15, -0.1) is 0 Å². The minimum absolute atomic E-state index is 0.189. The summed E-state index contributed by atoms with van der Waals surface area (Å²) in [6, 6.07) is 9.33. The molecule has 0 spiro atoms. The third-order valence-corrected chi connectivity index (χ3v) is 3.78. The number of imidazole rings is 2. The van der Waals surface area contributed by atoms with Crippen molar-refractivity contribution in [2.75, 3.05) is 7.05 Å². The number of rotatable bonds is 5. The Labute approximate surface area is 140 Å². The maximum absolute atomic E-state index is 12.6. The van der Waals surface area contributed by atoms with E-state index in [1.54, 1.807) is 30.7 Å². The van der Waals surface area contributed by atoms with E-state index in [4.69, 9.17) is 0 Å². The number of hydrogen-bond donors (Lipinski definition) is 2. The van der Waals surface area contributed by atoms with Crippen molar-refractivity contribution in [3.8, 4) is 0 Å². The third kappa shape index (κ3) is 3.45. The lowest BCUT2D eigenvalue weighted by molar-refractivity contribution is 0.196. The highest BCUT2D eigenvalue weighted by Crippen LogP contribution is 2.24. The Kier molecular flexibility index (Phi) is 4.60. The molecule has 2 N–H and O–H groups in total. The van der Waals surface area contributed by atoms with Crippen molar-refractivity contribution in [1.29, 1.82) is 0 Å². The van der Waals surface area contributed by atoms with Crippen molar-refractivity contribution >= 4 is 6.03 Å². The Balaban J connectivity index is 1.76. The van der Waals surface area contributed by atoms with Crippen LogP contribution in [0.3, 0.4) is 0 Å². The first-order chi connectivity index (χ1) is 11.6. The molecule has 0 aliphatic rings. The summed E-state index contributed by atoms with van der Waals surface area (Å²) in [7, 11) is 3.65. The van der Waals surface area contributed by atoms with Crippen molar-refractivity contribution in [3.63, 3.8) is 0 Å². The highest BCUT2D eigenvalue weighted by molar-refractivity contribution is 5.74. The van der Waals surface area contributed by atoms with Crippen LogP contribution >= 0.6 is 0 Å². The molecule has 1 aromatic carbocycles. The zero-order valence-electron chi connectivity index (χ0n) is 13.7. The summed E-state index contributed by atoms with van der Waals surface area (Å²) in [5, 5.41) is 2.89. The lowest BCUT2D eigenvalue weighted by Gasteiger charge is -2.27. The van der Waals surface area contributed by atoms with Crippen LogP contribution in [-0.4, -0.2) is 37.5 Å². The van der Waals surface area contributed by atoms with Crippen molar-refractivity contribution in [2.24, 2.45) is 7.05 Å². The van der Waals surface area contributed by atoms with Crippen molar-refractivity contribution < 1.29 is 4.79 Å². The smallest absolute Gasteiger partial charge is 0.318 e. The number of benzene rings is 1. The zero-order valence-corrected chi connectivity index (χ0v) is 13.7.